The number of rotatable bonds is 5. The van der Waals surface area contributed by atoms with Gasteiger partial charge in [-0.3, -0.25) is 4.68 Å². The van der Waals surface area contributed by atoms with Gasteiger partial charge in [-0.05, 0) is 19.4 Å². The van der Waals surface area contributed by atoms with Crippen LogP contribution in [0.25, 0.3) is 11.3 Å². The van der Waals surface area contributed by atoms with Crippen molar-refractivity contribution in [2.45, 2.75) is 27.3 Å². The van der Waals surface area contributed by atoms with Crippen LogP contribution in [0.15, 0.2) is 11.6 Å². The first-order valence-electron chi connectivity index (χ1n) is 6.22. The third kappa shape index (κ3) is 3.17. The number of nitrogens with zero attached hydrogens (tertiary/aromatic N) is 3. The van der Waals surface area contributed by atoms with Crippen LogP contribution in [-0.2, 0) is 13.6 Å². The standard InChI is InChI=1S/C13H20N4S/c1-9(2)5-14-6-13-15-12(8-18-13)11-7-17(4)16-10(11)3/h7-9,14H,5-6H2,1-4H3. The van der Waals surface area contributed by atoms with Crippen molar-refractivity contribution in [3.8, 4) is 11.3 Å². The van der Waals surface area contributed by atoms with Gasteiger partial charge in [-0.2, -0.15) is 5.10 Å². The first kappa shape index (κ1) is 13.2. The average Bonchev–Trinajstić information content (AvgIpc) is 2.85. The molecule has 0 aliphatic heterocycles. The van der Waals surface area contributed by atoms with E-state index in [1.54, 1.807) is 11.3 Å². The van der Waals surface area contributed by atoms with Gasteiger partial charge < -0.3 is 5.32 Å². The van der Waals surface area contributed by atoms with E-state index < -0.39 is 0 Å². The molecule has 0 atom stereocenters. The SMILES string of the molecule is Cc1nn(C)cc1-c1csc(CNCC(C)C)n1. The van der Waals surface area contributed by atoms with Crippen LogP contribution < -0.4 is 5.32 Å². The minimum atomic E-state index is 0.671. The van der Waals surface area contributed by atoms with Crippen molar-refractivity contribution in [3.63, 3.8) is 0 Å². The van der Waals surface area contributed by atoms with Gasteiger partial charge in [0.25, 0.3) is 0 Å². The lowest BCUT2D eigenvalue weighted by Gasteiger charge is -2.04. The third-order valence-electron chi connectivity index (χ3n) is 2.67. The normalized spacial score (nSPS) is 11.4. The van der Waals surface area contributed by atoms with Crippen LogP contribution in [0, 0.1) is 12.8 Å². The summed E-state index contributed by atoms with van der Waals surface area (Å²) in [5.74, 6) is 0.671. The Morgan fingerprint density at radius 3 is 2.83 bits per heavy atom. The number of thiazole rings is 1. The number of hydrogen-bond donors (Lipinski definition) is 1. The van der Waals surface area contributed by atoms with Crippen molar-refractivity contribution in [2.75, 3.05) is 6.54 Å². The monoisotopic (exact) mass is 264 g/mol. The molecule has 0 radical (unpaired) electrons. The lowest BCUT2D eigenvalue weighted by molar-refractivity contribution is 0.551. The quantitative estimate of drug-likeness (QED) is 0.902. The topological polar surface area (TPSA) is 42.7 Å². The highest BCUT2D eigenvalue weighted by molar-refractivity contribution is 7.09. The molecule has 0 aliphatic carbocycles. The Balaban J connectivity index is 2.04. The average molecular weight is 264 g/mol. The minimum Gasteiger partial charge on any atom is -0.310 e. The zero-order valence-electron chi connectivity index (χ0n) is 11.4. The van der Waals surface area contributed by atoms with Crippen LogP contribution >= 0.6 is 11.3 Å². The molecular weight excluding hydrogens is 244 g/mol. The van der Waals surface area contributed by atoms with E-state index in [0.29, 0.717) is 5.92 Å². The van der Waals surface area contributed by atoms with Crippen molar-refractivity contribution in [1.29, 1.82) is 0 Å². The zero-order valence-corrected chi connectivity index (χ0v) is 12.2. The van der Waals surface area contributed by atoms with Crippen molar-refractivity contribution in [1.82, 2.24) is 20.1 Å². The molecule has 0 bridgehead atoms. The molecule has 2 heterocycles. The second-order valence-electron chi connectivity index (χ2n) is 4.95. The summed E-state index contributed by atoms with van der Waals surface area (Å²) in [5, 5.41) is 11.0. The number of nitrogens with one attached hydrogen (secondary N) is 1. The van der Waals surface area contributed by atoms with Crippen LogP contribution in [0.4, 0.5) is 0 Å². The van der Waals surface area contributed by atoms with Gasteiger partial charge in [0, 0.05) is 30.7 Å². The van der Waals surface area contributed by atoms with E-state index >= 15 is 0 Å². The maximum Gasteiger partial charge on any atom is 0.107 e. The Kier molecular flexibility index (Phi) is 4.14. The van der Waals surface area contributed by atoms with Crippen molar-refractivity contribution >= 4 is 11.3 Å². The minimum absolute atomic E-state index is 0.671. The molecule has 0 aliphatic rings. The van der Waals surface area contributed by atoms with Crippen LogP contribution in [0.1, 0.15) is 24.5 Å². The molecule has 98 valence electrons. The Labute approximate surface area is 112 Å². The van der Waals surface area contributed by atoms with E-state index in [-0.39, 0.29) is 0 Å². The molecule has 2 aromatic rings. The Bertz CT molecular complexity index is 513. The summed E-state index contributed by atoms with van der Waals surface area (Å²) in [6, 6.07) is 0. The second-order valence-corrected chi connectivity index (χ2v) is 5.90. The van der Waals surface area contributed by atoms with Crippen molar-refractivity contribution in [3.05, 3.63) is 22.3 Å². The predicted molar refractivity (Wildman–Crippen MR) is 75.6 cm³/mol. The molecule has 0 saturated carbocycles. The number of aryl methyl sites for hydroxylation is 2. The first-order valence-corrected chi connectivity index (χ1v) is 7.10. The molecule has 0 fully saturated rings. The summed E-state index contributed by atoms with van der Waals surface area (Å²) >= 11 is 1.70. The van der Waals surface area contributed by atoms with Crippen molar-refractivity contribution in [2.24, 2.45) is 13.0 Å². The molecule has 18 heavy (non-hydrogen) atoms. The Morgan fingerprint density at radius 2 is 2.22 bits per heavy atom. The van der Waals surface area contributed by atoms with Gasteiger partial charge in [0.15, 0.2) is 0 Å². The summed E-state index contributed by atoms with van der Waals surface area (Å²) in [6.07, 6.45) is 2.02. The molecule has 0 saturated heterocycles. The molecule has 2 rings (SSSR count). The van der Waals surface area contributed by atoms with Crippen molar-refractivity contribution < 1.29 is 0 Å². The molecule has 0 amide bonds. The lowest BCUT2D eigenvalue weighted by Crippen LogP contribution is -2.18. The highest BCUT2D eigenvalue weighted by Crippen LogP contribution is 2.24. The molecule has 0 aromatic carbocycles. The van der Waals surface area contributed by atoms with Gasteiger partial charge >= 0.3 is 0 Å². The molecule has 0 unspecified atom stereocenters. The summed E-state index contributed by atoms with van der Waals surface area (Å²) in [5.41, 5.74) is 3.19. The van der Waals surface area contributed by atoms with Gasteiger partial charge in [-0.15, -0.1) is 11.3 Å². The maximum absolute atomic E-state index is 4.65. The maximum atomic E-state index is 4.65. The molecule has 0 spiro atoms. The van der Waals surface area contributed by atoms with E-state index in [1.165, 1.54) is 0 Å². The van der Waals surface area contributed by atoms with Crippen LogP contribution in [0.2, 0.25) is 0 Å². The van der Waals surface area contributed by atoms with E-state index in [9.17, 15) is 0 Å². The fourth-order valence-electron chi connectivity index (χ4n) is 1.83. The zero-order chi connectivity index (χ0) is 13.1. The van der Waals surface area contributed by atoms with E-state index in [0.717, 1.165) is 35.0 Å². The number of aromatic nitrogens is 3. The Hall–Kier alpha value is -1.20. The third-order valence-corrected chi connectivity index (χ3v) is 3.52. The van der Waals surface area contributed by atoms with E-state index in [1.807, 2.05) is 24.9 Å². The van der Waals surface area contributed by atoms with Gasteiger partial charge in [-0.25, -0.2) is 4.98 Å². The van der Waals surface area contributed by atoms with Gasteiger partial charge in [-0.1, -0.05) is 13.8 Å². The fraction of sp³-hybridized carbons (Fsp3) is 0.538. The van der Waals surface area contributed by atoms with E-state index in [4.69, 9.17) is 0 Å². The fourth-order valence-corrected chi connectivity index (χ4v) is 2.60. The van der Waals surface area contributed by atoms with Gasteiger partial charge in [0.05, 0.1) is 11.4 Å². The first-order chi connectivity index (χ1) is 8.56. The highest BCUT2D eigenvalue weighted by atomic mass is 32.1. The van der Waals surface area contributed by atoms with Gasteiger partial charge in [0.2, 0.25) is 0 Å². The van der Waals surface area contributed by atoms with Crippen LogP contribution in [-0.4, -0.2) is 21.3 Å². The molecule has 2 aromatic heterocycles. The summed E-state index contributed by atoms with van der Waals surface area (Å²) in [7, 11) is 1.94. The second kappa shape index (κ2) is 5.63. The summed E-state index contributed by atoms with van der Waals surface area (Å²) in [6.45, 7) is 8.31. The van der Waals surface area contributed by atoms with Crippen LogP contribution in [0.5, 0.6) is 0 Å². The molecule has 1 N–H and O–H groups in total. The predicted octanol–water partition coefficient (Wildman–Crippen LogP) is 2.60. The molecule has 5 heteroatoms. The smallest absolute Gasteiger partial charge is 0.107 e. The summed E-state index contributed by atoms with van der Waals surface area (Å²) in [4.78, 5) is 4.65. The largest absolute Gasteiger partial charge is 0.310 e. The number of hydrogen-bond acceptors (Lipinski definition) is 4. The highest BCUT2D eigenvalue weighted by Gasteiger charge is 2.10. The molecule has 4 nitrogen and oxygen atoms in total. The molecular formula is C13H20N4S. The van der Waals surface area contributed by atoms with Gasteiger partial charge in [0.1, 0.15) is 5.01 Å². The van der Waals surface area contributed by atoms with Crippen LogP contribution in [0.3, 0.4) is 0 Å². The van der Waals surface area contributed by atoms with E-state index in [2.05, 4.69) is 34.6 Å². The Morgan fingerprint density at radius 1 is 1.44 bits per heavy atom. The lowest BCUT2D eigenvalue weighted by atomic mass is 10.2. The summed E-state index contributed by atoms with van der Waals surface area (Å²) < 4.78 is 1.83.